The molecule has 0 aliphatic rings. The van der Waals surface area contributed by atoms with E-state index >= 15 is 0 Å². The van der Waals surface area contributed by atoms with Gasteiger partial charge in [0.2, 0.25) is 0 Å². The van der Waals surface area contributed by atoms with Crippen molar-refractivity contribution < 1.29 is 19.4 Å². The van der Waals surface area contributed by atoms with Crippen molar-refractivity contribution in [3.63, 3.8) is 0 Å². The van der Waals surface area contributed by atoms with Gasteiger partial charge in [0.1, 0.15) is 11.8 Å². The third-order valence-electron chi connectivity index (χ3n) is 2.83. The van der Waals surface area contributed by atoms with Crippen LogP contribution in [0.2, 0.25) is 0 Å². The van der Waals surface area contributed by atoms with E-state index in [1.54, 1.807) is 26.2 Å². The summed E-state index contributed by atoms with van der Waals surface area (Å²) in [4.78, 5) is 26.9. The molecule has 0 bridgehead atoms. The van der Waals surface area contributed by atoms with Crippen molar-refractivity contribution in [2.75, 3.05) is 12.4 Å². The van der Waals surface area contributed by atoms with E-state index in [1.807, 2.05) is 6.07 Å². The number of carboxylic acids is 1. The van der Waals surface area contributed by atoms with Gasteiger partial charge in [-0.15, -0.1) is 0 Å². The molecule has 0 aliphatic heterocycles. The summed E-state index contributed by atoms with van der Waals surface area (Å²) < 4.78 is 5.99. The highest BCUT2D eigenvalue weighted by Gasteiger charge is 2.18. The molecule has 1 atom stereocenters. The van der Waals surface area contributed by atoms with Gasteiger partial charge in [0.15, 0.2) is 5.13 Å². The molecule has 2 rings (SSSR count). The molecule has 3 N–H and O–H groups in total. The maximum atomic E-state index is 11.7. The normalized spacial score (nSPS) is 11.9. The van der Waals surface area contributed by atoms with Gasteiger partial charge in [-0.1, -0.05) is 18.3 Å². The van der Waals surface area contributed by atoms with Crippen molar-refractivity contribution in [1.29, 1.82) is 0 Å². The SMILES string of the molecule is CC[C@@H](NC(=O)Nc1nc2ccc(OC)cc2s1)C(=O)O. The number of nitrogens with zero attached hydrogens (tertiary/aromatic N) is 1. The lowest BCUT2D eigenvalue weighted by molar-refractivity contribution is -0.139. The Balaban J connectivity index is 2.09. The van der Waals surface area contributed by atoms with E-state index in [0.29, 0.717) is 17.3 Å². The summed E-state index contributed by atoms with van der Waals surface area (Å²) in [5, 5.41) is 14.2. The van der Waals surface area contributed by atoms with Gasteiger partial charge in [0.05, 0.1) is 17.3 Å². The minimum atomic E-state index is -1.07. The maximum absolute atomic E-state index is 11.7. The first-order valence-electron chi connectivity index (χ1n) is 6.28. The van der Waals surface area contributed by atoms with Crippen LogP contribution in [0.1, 0.15) is 13.3 Å². The van der Waals surface area contributed by atoms with Crippen LogP contribution in [0.3, 0.4) is 0 Å². The average molecular weight is 309 g/mol. The number of carbonyl (C=O) groups excluding carboxylic acids is 1. The Morgan fingerprint density at radius 1 is 1.48 bits per heavy atom. The van der Waals surface area contributed by atoms with Gasteiger partial charge >= 0.3 is 12.0 Å². The largest absolute Gasteiger partial charge is 0.497 e. The number of carbonyl (C=O) groups is 2. The summed E-state index contributed by atoms with van der Waals surface area (Å²) >= 11 is 1.29. The molecule has 0 saturated carbocycles. The average Bonchev–Trinajstić information content (AvgIpc) is 2.85. The highest BCUT2D eigenvalue weighted by molar-refractivity contribution is 7.22. The molecule has 1 heterocycles. The van der Waals surface area contributed by atoms with Gasteiger partial charge in [-0.05, 0) is 24.6 Å². The summed E-state index contributed by atoms with van der Waals surface area (Å²) in [7, 11) is 1.57. The highest BCUT2D eigenvalue weighted by atomic mass is 32.1. The summed E-state index contributed by atoms with van der Waals surface area (Å²) in [5.41, 5.74) is 0.737. The Bertz CT molecular complexity index is 670. The zero-order valence-electron chi connectivity index (χ0n) is 11.5. The van der Waals surface area contributed by atoms with Crippen molar-refractivity contribution in [2.45, 2.75) is 19.4 Å². The molecule has 0 spiro atoms. The Morgan fingerprint density at radius 2 is 2.24 bits per heavy atom. The molecule has 0 saturated heterocycles. The second-order valence-corrected chi connectivity index (χ2v) is 5.28. The van der Waals surface area contributed by atoms with Crippen LogP contribution in [0.25, 0.3) is 10.2 Å². The topological polar surface area (TPSA) is 101 Å². The number of thiazole rings is 1. The zero-order chi connectivity index (χ0) is 15.4. The Labute approximate surface area is 124 Å². The Kier molecular flexibility index (Phi) is 4.59. The molecule has 8 heteroatoms. The summed E-state index contributed by atoms with van der Waals surface area (Å²) in [6.07, 6.45) is 0.305. The molecule has 0 aliphatic carbocycles. The molecule has 21 heavy (non-hydrogen) atoms. The number of ether oxygens (including phenoxy) is 1. The minimum Gasteiger partial charge on any atom is -0.497 e. The molecule has 112 valence electrons. The first kappa shape index (κ1) is 15.0. The number of urea groups is 1. The molecule has 7 nitrogen and oxygen atoms in total. The van der Waals surface area contributed by atoms with Crippen LogP contribution in [0.4, 0.5) is 9.93 Å². The van der Waals surface area contributed by atoms with Crippen molar-refractivity contribution in [1.82, 2.24) is 10.3 Å². The third kappa shape index (κ3) is 3.60. The predicted molar refractivity (Wildman–Crippen MR) is 80.0 cm³/mol. The van der Waals surface area contributed by atoms with Crippen LogP contribution in [-0.2, 0) is 4.79 Å². The molecule has 1 aromatic heterocycles. The summed E-state index contributed by atoms with van der Waals surface area (Å²) in [5.74, 6) is -0.360. The van der Waals surface area contributed by atoms with Crippen molar-refractivity contribution in [3.05, 3.63) is 18.2 Å². The highest BCUT2D eigenvalue weighted by Crippen LogP contribution is 2.28. The fourth-order valence-electron chi connectivity index (χ4n) is 1.72. The Hall–Kier alpha value is -2.35. The van der Waals surface area contributed by atoms with Crippen LogP contribution >= 0.6 is 11.3 Å². The van der Waals surface area contributed by atoms with E-state index in [-0.39, 0.29) is 0 Å². The van der Waals surface area contributed by atoms with Crippen LogP contribution in [-0.4, -0.2) is 35.2 Å². The lowest BCUT2D eigenvalue weighted by Crippen LogP contribution is -2.42. The number of carboxylic acid groups (broad SMARTS) is 1. The van der Waals surface area contributed by atoms with E-state index in [0.717, 1.165) is 10.2 Å². The molecule has 0 unspecified atom stereocenters. The first-order valence-corrected chi connectivity index (χ1v) is 7.10. The minimum absolute atomic E-state index is 0.305. The van der Waals surface area contributed by atoms with Crippen LogP contribution in [0, 0.1) is 0 Å². The molecular formula is C13H15N3O4S. The molecule has 2 amide bonds. The third-order valence-corrected chi connectivity index (χ3v) is 3.76. The number of anilines is 1. The van der Waals surface area contributed by atoms with Crippen LogP contribution in [0.5, 0.6) is 5.75 Å². The molecule has 1 aromatic carbocycles. The number of amides is 2. The van der Waals surface area contributed by atoms with Crippen LogP contribution < -0.4 is 15.4 Å². The Morgan fingerprint density at radius 3 is 2.86 bits per heavy atom. The van der Waals surface area contributed by atoms with E-state index < -0.39 is 18.0 Å². The molecular weight excluding hydrogens is 294 g/mol. The number of hydrogen-bond donors (Lipinski definition) is 3. The smallest absolute Gasteiger partial charge is 0.326 e. The molecule has 0 fully saturated rings. The van der Waals surface area contributed by atoms with Crippen molar-refractivity contribution in [3.8, 4) is 5.75 Å². The van der Waals surface area contributed by atoms with Gasteiger partial charge in [-0.2, -0.15) is 0 Å². The quantitative estimate of drug-likeness (QED) is 0.786. The number of methoxy groups -OCH3 is 1. The molecule has 0 radical (unpaired) electrons. The van der Waals surface area contributed by atoms with Crippen molar-refractivity contribution >= 4 is 38.7 Å². The van der Waals surface area contributed by atoms with E-state index in [9.17, 15) is 9.59 Å². The number of hydrogen-bond acceptors (Lipinski definition) is 5. The van der Waals surface area contributed by atoms with Crippen LogP contribution in [0.15, 0.2) is 18.2 Å². The summed E-state index contributed by atoms with van der Waals surface area (Å²) in [6.45, 7) is 1.68. The van der Waals surface area contributed by atoms with Crippen molar-refractivity contribution in [2.24, 2.45) is 0 Å². The van der Waals surface area contributed by atoms with E-state index in [1.165, 1.54) is 11.3 Å². The van der Waals surface area contributed by atoms with Gasteiger partial charge in [-0.3, -0.25) is 5.32 Å². The van der Waals surface area contributed by atoms with E-state index in [4.69, 9.17) is 9.84 Å². The number of aromatic nitrogens is 1. The monoisotopic (exact) mass is 309 g/mol. The number of nitrogens with one attached hydrogen (secondary N) is 2. The molecule has 2 aromatic rings. The lowest BCUT2D eigenvalue weighted by Gasteiger charge is -2.11. The fourth-order valence-corrected chi connectivity index (χ4v) is 2.60. The van der Waals surface area contributed by atoms with Gasteiger partial charge < -0.3 is 15.2 Å². The standard InChI is InChI=1S/C13H15N3O4S/c1-3-8(11(17)18)14-12(19)16-13-15-9-5-4-7(20-2)6-10(9)21-13/h4-6,8H,3H2,1-2H3,(H,17,18)(H2,14,15,16,19)/t8-/m1/s1. The number of aliphatic carboxylic acids is 1. The second-order valence-electron chi connectivity index (χ2n) is 4.25. The van der Waals surface area contributed by atoms with E-state index in [2.05, 4.69) is 15.6 Å². The van der Waals surface area contributed by atoms with Gasteiger partial charge in [0.25, 0.3) is 0 Å². The van der Waals surface area contributed by atoms with Gasteiger partial charge in [-0.25, -0.2) is 14.6 Å². The number of rotatable bonds is 5. The number of benzene rings is 1. The fraction of sp³-hybridized carbons (Fsp3) is 0.308. The maximum Gasteiger partial charge on any atom is 0.326 e. The predicted octanol–water partition coefficient (Wildman–Crippen LogP) is 2.29. The number of fused-ring (bicyclic) bond motifs is 1. The second kappa shape index (κ2) is 6.40. The van der Waals surface area contributed by atoms with Gasteiger partial charge in [0, 0.05) is 0 Å². The zero-order valence-corrected chi connectivity index (χ0v) is 12.4. The first-order chi connectivity index (χ1) is 10.0. The lowest BCUT2D eigenvalue weighted by atomic mass is 10.2. The summed E-state index contributed by atoms with van der Waals surface area (Å²) in [6, 6.07) is 3.89.